The lowest BCUT2D eigenvalue weighted by Gasteiger charge is -2.11. The maximum Gasteiger partial charge on any atom is 0.240 e. The van der Waals surface area contributed by atoms with Gasteiger partial charge in [0.2, 0.25) is 16.8 Å². The zero-order valence-corrected chi connectivity index (χ0v) is 10.6. The van der Waals surface area contributed by atoms with E-state index in [-0.39, 0.29) is 18.2 Å². The Morgan fingerprint density at radius 2 is 2.17 bits per heavy atom. The monoisotopic (exact) mass is 274 g/mol. The van der Waals surface area contributed by atoms with Gasteiger partial charge in [-0.3, -0.25) is 0 Å². The molecule has 1 atom stereocenters. The Kier molecular flexibility index (Phi) is 3.71. The third kappa shape index (κ3) is 2.72. The summed E-state index contributed by atoms with van der Waals surface area (Å²) in [6.07, 6.45) is -0.409. The van der Waals surface area contributed by atoms with Crippen molar-refractivity contribution in [2.45, 2.75) is 17.9 Å². The van der Waals surface area contributed by atoms with E-state index in [0.29, 0.717) is 11.5 Å². The van der Waals surface area contributed by atoms with Gasteiger partial charge in [-0.2, -0.15) is 0 Å². The molecule has 1 unspecified atom stereocenters. The number of fused-ring (bicyclic) bond motifs is 1. The van der Waals surface area contributed by atoms with Gasteiger partial charge in [-0.25, -0.2) is 19.0 Å². The Hall–Kier alpha value is -1.35. The first-order valence-electron chi connectivity index (χ1n) is 5.28. The fraction of sp³-hybridized carbons (Fsp3) is 0.400. The quantitative estimate of drug-likeness (QED) is 0.731. The van der Waals surface area contributed by atoms with Crippen LogP contribution in [-0.2, 0) is 14.9 Å². The summed E-state index contributed by atoms with van der Waals surface area (Å²) >= 11 is 0. The second-order valence-electron chi connectivity index (χ2n) is 3.81. The van der Waals surface area contributed by atoms with E-state index in [1.165, 1.54) is 12.1 Å². The van der Waals surface area contributed by atoms with Gasteiger partial charge < -0.3 is 14.3 Å². The third-order valence-electron chi connectivity index (χ3n) is 2.45. The van der Waals surface area contributed by atoms with Crippen LogP contribution in [0.2, 0.25) is 0 Å². The van der Waals surface area contributed by atoms with Crippen LogP contribution in [0, 0.1) is 0 Å². The minimum atomic E-state index is -3.61. The van der Waals surface area contributed by atoms with Crippen molar-refractivity contribution in [2.24, 2.45) is 5.90 Å². The summed E-state index contributed by atoms with van der Waals surface area (Å²) in [4.78, 5) is 4.59. The summed E-state index contributed by atoms with van der Waals surface area (Å²) in [5.74, 6) is 5.89. The van der Waals surface area contributed by atoms with Crippen LogP contribution in [0.4, 0.5) is 0 Å². The molecular weight excluding hydrogens is 260 g/mol. The zero-order chi connectivity index (χ0) is 13.2. The van der Waals surface area contributed by atoms with E-state index in [9.17, 15) is 8.42 Å². The van der Waals surface area contributed by atoms with Gasteiger partial charge >= 0.3 is 0 Å². The van der Waals surface area contributed by atoms with E-state index < -0.39 is 16.1 Å². The van der Waals surface area contributed by atoms with Crippen LogP contribution in [0.25, 0.3) is 0 Å². The molecule has 0 aromatic heterocycles. The fourth-order valence-corrected chi connectivity index (χ4v) is 2.53. The number of hydrogen-bond acceptors (Lipinski definition) is 6. The molecule has 2 rings (SSSR count). The van der Waals surface area contributed by atoms with E-state index in [1.807, 2.05) is 0 Å². The second-order valence-corrected chi connectivity index (χ2v) is 5.58. The molecule has 0 amide bonds. The maximum atomic E-state index is 11.9. The molecule has 3 N–H and O–H groups in total. The van der Waals surface area contributed by atoms with Gasteiger partial charge in [-0.15, -0.1) is 0 Å². The lowest BCUT2D eigenvalue weighted by molar-refractivity contribution is 0.0702. The van der Waals surface area contributed by atoms with Gasteiger partial charge in [0.1, 0.15) is 0 Å². The molecule has 1 heterocycles. The fourth-order valence-electron chi connectivity index (χ4n) is 1.40. The van der Waals surface area contributed by atoms with Crippen molar-refractivity contribution in [3.05, 3.63) is 18.2 Å². The van der Waals surface area contributed by atoms with Gasteiger partial charge in [0.25, 0.3) is 0 Å². The molecule has 7 nitrogen and oxygen atoms in total. The van der Waals surface area contributed by atoms with Crippen LogP contribution in [0.15, 0.2) is 23.1 Å². The van der Waals surface area contributed by atoms with Crippen LogP contribution in [0.3, 0.4) is 0 Å². The van der Waals surface area contributed by atoms with E-state index in [0.717, 1.165) is 0 Å². The molecule has 0 saturated heterocycles. The number of rotatable bonds is 5. The van der Waals surface area contributed by atoms with Gasteiger partial charge in [0, 0.05) is 12.6 Å². The number of sulfonamides is 1. The predicted molar refractivity (Wildman–Crippen MR) is 62.5 cm³/mol. The highest BCUT2D eigenvalue weighted by Crippen LogP contribution is 2.33. The van der Waals surface area contributed by atoms with Crippen LogP contribution in [-0.4, -0.2) is 27.9 Å². The third-order valence-corrected chi connectivity index (χ3v) is 3.87. The highest BCUT2D eigenvalue weighted by Gasteiger charge is 2.20. The summed E-state index contributed by atoms with van der Waals surface area (Å²) < 4.78 is 36.5. The lowest BCUT2D eigenvalue weighted by atomic mass is 10.3. The predicted octanol–water partition coefficient (Wildman–Crippen LogP) is -0.0276. The number of nitrogens with one attached hydrogen (secondary N) is 1. The van der Waals surface area contributed by atoms with Crippen molar-refractivity contribution in [3.63, 3.8) is 0 Å². The van der Waals surface area contributed by atoms with E-state index in [2.05, 4.69) is 9.56 Å². The standard InChI is InChI=1S/C10H14N2O5S/c1-7(17-11)5-12-18(13,14)8-2-3-9-10(4-8)16-6-15-9/h2-4,7,12H,5-6,11H2,1H3. The molecule has 100 valence electrons. The molecule has 1 aliphatic rings. The largest absolute Gasteiger partial charge is 0.454 e. The lowest BCUT2D eigenvalue weighted by Crippen LogP contribution is -2.33. The molecule has 0 saturated carbocycles. The second kappa shape index (κ2) is 5.11. The van der Waals surface area contributed by atoms with Gasteiger partial charge in [0.05, 0.1) is 11.0 Å². The van der Waals surface area contributed by atoms with Gasteiger partial charge in [-0.1, -0.05) is 0 Å². The average Bonchev–Trinajstić information content (AvgIpc) is 2.83. The first kappa shape index (κ1) is 13.1. The minimum Gasteiger partial charge on any atom is -0.454 e. The Morgan fingerprint density at radius 3 is 2.89 bits per heavy atom. The van der Waals surface area contributed by atoms with Crippen LogP contribution >= 0.6 is 0 Å². The van der Waals surface area contributed by atoms with Gasteiger partial charge in [0.15, 0.2) is 11.5 Å². The molecule has 1 aromatic rings. The molecular formula is C10H14N2O5S. The van der Waals surface area contributed by atoms with Crippen molar-refractivity contribution in [1.82, 2.24) is 4.72 Å². The van der Waals surface area contributed by atoms with E-state index in [4.69, 9.17) is 15.4 Å². The van der Waals surface area contributed by atoms with Crippen LogP contribution < -0.4 is 20.1 Å². The SMILES string of the molecule is CC(CNS(=O)(=O)c1ccc2c(c1)OCO2)ON. The first-order chi connectivity index (χ1) is 8.53. The topological polar surface area (TPSA) is 99.9 Å². The molecule has 0 spiro atoms. The summed E-state index contributed by atoms with van der Waals surface area (Å²) in [7, 11) is -3.61. The number of ether oxygens (including phenoxy) is 2. The van der Waals surface area contributed by atoms with E-state index in [1.54, 1.807) is 13.0 Å². The minimum absolute atomic E-state index is 0.0906. The molecule has 0 aliphatic carbocycles. The Bertz CT molecular complexity index is 531. The van der Waals surface area contributed by atoms with Crippen LogP contribution in [0.5, 0.6) is 11.5 Å². The van der Waals surface area contributed by atoms with Crippen molar-refractivity contribution < 1.29 is 22.7 Å². The molecule has 18 heavy (non-hydrogen) atoms. The smallest absolute Gasteiger partial charge is 0.240 e. The van der Waals surface area contributed by atoms with Crippen molar-refractivity contribution in [3.8, 4) is 11.5 Å². The molecule has 0 fully saturated rings. The number of benzene rings is 1. The highest BCUT2D eigenvalue weighted by atomic mass is 32.2. The van der Waals surface area contributed by atoms with Crippen molar-refractivity contribution >= 4 is 10.0 Å². The molecule has 0 bridgehead atoms. The van der Waals surface area contributed by atoms with Gasteiger partial charge in [-0.05, 0) is 19.1 Å². The molecule has 8 heteroatoms. The Labute approximate surface area is 105 Å². The van der Waals surface area contributed by atoms with Crippen molar-refractivity contribution in [2.75, 3.05) is 13.3 Å². The maximum absolute atomic E-state index is 11.9. The van der Waals surface area contributed by atoms with E-state index >= 15 is 0 Å². The Balaban J connectivity index is 2.15. The summed E-state index contributed by atoms with van der Waals surface area (Å²) in [6, 6.07) is 4.42. The first-order valence-corrected chi connectivity index (χ1v) is 6.76. The zero-order valence-electron chi connectivity index (χ0n) is 9.75. The molecule has 1 aromatic carbocycles. The molecule has 0 radical (unpaired) electrons. The molecule has 1 aliphatic heterocycles. The number of nitrogens with two attached hydrogens (primary N) is 1. The van der Waals surface area contributed by atoms with Crippen molar-refractivity contribution in [1.29, 1.82) is 0 Å². The summed E-state index contributed by atoms with van der Waals surface area (Å²) in [5.41, 5.74) is 0. The Morgan fingerprint density at radius 1 is 1.44 bits per heavy atom. The number of hydrogen-bond donors (Lipinski definition) is 2. The average molecular weight is 274 g/mol. The normalized spacial score (nSPS) is 15.7. The van der Waals surface area contributed by atoms with Crippen LogP contribution in [0.1, 0.15) is 6.92 Å². The highest BCUT2D eigenvalue weighted by molar-refractivity contribution is 7.89. The summed E-state index contributed by atoms with van der Waals surface area (Å²) in [5, 5.41) is 0. The summed E-state index contributed by atoms with van der Waals surface area (Å²) in [6.45, 7) is 1.85.